The van der Waals surface area contributed by atoms with Gasteiger partial charge < -0.3 is 0 Å². The summed E-state index contributed by atoms with van der Waals surface area (Å²) in [4.78, 5) is 1.38. The highest BCUT2D eigenvalue weighted by Crippen LogP contribution is 2.25. The van der Waals surface area contributed by atoms with Crippen LogP contribution < -0.4 is 0 Å². The standard InChI is InChI=1S/C18H22S/c1-14-4-8-17(9-5-14)16(3)12-13-19-18-10-6-15(2)7-11-18/h4-11,16H,12-13H2,1-3H3. The molecule has 0 fully saturated rings. The number of aryl methyl sites for hydroxylation is 2. The summed E-state index contributed by atoms with van der Waals surface area (Å²) >= 11 is 1.96. The second kappa shape index (κ2) is 6.81. The molecule has 0 amide bonds. The summed E-state index contributed by atoms with van der Waals surface area (Å²) in [6.07, 6.45) is 1.22. The molecule has 1 atom stereocenters. The molecule has 2 aromatic carbocycles. The number of thioether (sulfide) groups is 1. The molecule has 0 aliphatic rings. The van der Waals surface area contributed by atoms with Crippen molar-refractivity contribution in [2.45, 2.75) is 38.0 Å². The molecule has 19 heavy (non-hydrogen) atoms. The molecule has 0 bridgehead atoms. The molecule has 1 heteroatoms. The van der Waals surface area contributed by atoms with Crippen LogP contribution in [0.25, 0.3) is 0 Å². The van der Waals surface area contributed by atoms with Crippen LogP contribution in [-0.2, 0) is 0 Å². The highest BCUT2D eigenvalue weighted by molar-refractivity contribution is 7.99. The van der Waals surface area contributed by atoms with Crippen molar-refractivity contribution in [3.63, 3.8) is 0 Å². The number of hydrogen-bond acceptors (Lipinski definition) is 1. The maximum absolute atomic E-state index is 2.32. The minimum Gasteiger partial charge on any atom is -0.126 e. The quantitative estimate of drug-likeness (QED) is 0.638. The van der Waals surface area contributed by atoms with E-state index in [1.807, 2.05) is 11.8 Å². The topological polar surface area (TPSA) is 0 Å². The predicted molar refractivity (Wildman–Crippen MR) is 86.1 cm³/mol. The van der Waals surface area contributed by atoms with Crippen LogP contribution in [0.5, 0.6) is 0 Å². The Morgan fingerprint density at radius 1 is 0.842 bits per heavy atom. The largest absolute Gasteiger partial charge is 0.126 e. The molecular formula is C18H22S. The molecule has 0 heterocycles. The van der Waals surface area contributed by atoms with Gasteiger partial charge in [-0.1, -0.05) is 54.4 Å². The Labute approximate surface area is 121 Å². The van der Waals surface area contributed by atoms with Crippen molar-refractivity contribution in [2.75, 3.05) is 5.75 Å². The van der Waals surface area contributed by atoms with Crippen LogP contribution in [0.3, 0.4) is 0 Å². The Morgan fingerprint density at radius 3 is 1.95 bits per heavy atom. The maximum atomic E-state index is 2.32. The summed E-state index contributed by atoms with van der Waals surface area (Å²) < 4.78 is 0. The fraction of sp³-hybridized carbons (Fsp3) is 0.333. The van der Waals surface area contributed by atoms with Crippen LogP contribution >= 0.6 is 11.8 Å². The van der Waals surface area contributed by atoms with Crippen molar-refractivity contribution >= 4 is 11.8 Å². The lowest BCUT2D eigenvalue weighted by molar-refractivity contribution is 0.740. The van der Waals surface area contributed by atoms with E-state index < -0.39 is 0 Å². The summed E-state index contributed by atoms with van der Waals surface area (Å²) in [6, 6.07) is 17.7. The first-order chi connectivity index (χ1) is 9.15. The molecule has 0 N–H and O–H groups in total. The minimum absolute atomic E-state index is 0.638. The first-order valence-corrected chi connectivity index (χ1v) is 7.90. The van der Waals surface area contributed by atoms with Gasteiger partial charge in [0.2, 0.25) is 0 Å². The molecule has 2 rings (SSSR count). The zero-order valence-electron chi connectivity index (χ0n) is 12.0. The molecule has 0 spiro atoms. The van der Waals surface area contributed by atoms with Crippen LogP contribution in [0.4, 0.5) is 0 Å². The maximum Gasteiger partial charge on any atom is 0.00721 e. The molecular weight excluding hydrogens is 248 g/mol. The van der Waals surface area contributed by atoms with Crippen LogP contribution in [0.2, 0.25) is 0 Å². The van der Waals surface area contributed by atoms with E-state index in [0.29, 0.717) is 5.92 Å². The summed E-state index contributed by atoms with van der Waals surface area (Å²) in [5, 5.41) is 0. The lowest BCUT2D eigenvalue weighted by Gasteiger charge is -2.12. The van der Waals surface area contributed by atoms with Gasteiger partial charge in [0.25, 0.3) is 0 Å². The van der Waals surface area contributed by atoms with E-state index in [2.05, 4.69) is 69.3 Å². The third kappa shape index (κ3) is 4.43. The van der Waals surface area contributed by atoms with E-state index >= 15 is 0 Å². The molecule has 0 aliphatic heterocycles. The van der Waals surface area contributed by atoms with Crippen molar-refractivity contribution in [1.82, 2.24) is 0 Å². The van der Waals surface area contributed by atoms with Crippen molar-refractivity contribution < 1.29 is 0 Å². The SMILES string of the molecule is Cc1ccc(SCCC(C)c2ccc(C)cc2)cc1. The highest BCUT2D eigenvalue weighted by Gasteiger charge is 2.05. The van der Waals surface area contributed by atoms with Gasteiger partial charge in [0.15, 0.2) is 0 Å². The minimum atomic E-state index is 0.638. The zero-order valence-corrected chi connectivity index (χ0v) is 12.8. The van der Waals surface area contributed by atoms with E-state index in [0.717, 1.165) is 0 Å². The van der Waals surface area contributed by atoms with E-state index in [1.54, 1.807) is 0 Å². The smallest absolute Gasteiger partial charge is 0.00721 e. The summed E-state index contributed by atoms with van der Waals surface area (Å²) in [7, 11) is 0. The average molecular weight is 270 g/mol. The number of hydrogen-bond donors (Lipinski definition) is 0. The van der Waals surface area contributed by atoms with Crippen LogP contribution in [0.1, 0.15) is 36.0 Å². The Morgan fingerprint density at radius 2 is 1.37 bits per heavy atom. The van der Waals surface area contributed by atoms with Crippen LogP contribution in [0, 0.1) is 13.8 Å². The van der Waals surface area contributed by atoms with Gasteiger partial charge in [-0.25, -0.2) is 0 Å². The normalized spacial score (nSPS) is 12.4. The third-order valence-electron chi connectivity index (χ3n) is 3.49. The fourth-order valence-corrected chi connectivity index (χ4v) is 3.09. The lowest BCUT2D eigenvalue weighted by Crippen LogP contribution is -1.95. The monoisotopic (exact) mass is 270 g/mol. The second-order valence-corrected chi connectivity index (χ2v) is 6.43. The van der Waals surface area contributed by atoms with E-state index in [1.165, 1.54) is 33.8 Å². The molecule has 0 aromatic heterocycles. The molecule has 0 aliphatic carbocycles. The van der Waals surface area contributed by atoms with Crippen molar-refractivity contribution in [1.29, 1.82) is 0 Å². The summed E-state index contributed by atoms with van der Waals surface area (Å²) in [5.74, 6) is 1.82. The van der Waals surface area contributed by atoms with Crippen molar-refractivity contribution in [2.24, 2.45) is 0 Å². The third-order valence-corrected chi connectivity index (χ3v) is 4.53. The van der Waals surface area contributed by atoms with Gasteiger partial charge in [-0.05, 0) is 49.6 Å². The van der Waals surface area contributed by atoms with Gasteiger partial charge in [-0.15, -0.1) is 11.8 Å². The number of benzene rings is 2. The van der Waals surface area contributed by atoms with Gasteiger partial charge in [0.05, 0.1) is 0 Å². The second-order valence-electron chi connectivity index (χ2n) is 5.26. The Balaban J connectivity index is 1.82. The summed E-state index contributed by atoms with van der Waals surface area (Å²) in [5.41, 5.74) is 4.12. The van der Waals surface area contributed by atoms with Crippen LogP contribution in [-0.4, -0.2) is 5.75 Å². The zero-order chi connectivity index (χ0) is 13.7. The van der Waals surface area contributed by atoms with Crippen LogP contribution in [0.15, 0.2) is 53.4 Å². The van der Waals surface area contributed by atoms with Gasteiger partial charge in [-0.2, -0.15) is 0 Å². The van der Waals surface area contributed by atoms with E-state index in [4.69, 9.17) is 0 Å². The molecule has 0 nitrogen and oxygen atoms in total. The molecule has 0 saturated heterocycles. The van der Waals surface area contributed by atoms with E-state index in [9.17, 15) is 0 Å². The fourth-order valence-electron chi connectivity index (χ4n) is 2.05. The molecule has 1 unspecified atom stereocenters. The van der Waals surface area contributed by atoms with Gasteiger partial charge >= 0.3 is 0 Å². The number of rotatable bonds is 5. The van der Waals surface area contributed by atoms with Gasteiger partial charge in [0.1, 0.15) is 0 Å². The highest BCUT2D eigenvalue weighted by atomic mass is 32.2. The van der Waals surface area contributed by atoms with E-state index in [-0.39, 0.29) is 0 Å². The molecule has 100 valence electrons. The van der Waals surface area contributed by atoms with Crippen molar-refractivity contribution in [3.05, 3.63) is 65.2 Å². The molecule has 0 radical (unpaired) electrons. The van der Waals surface area contributed by atoms with Gasteiger partial charge in [-0.3, -0.25) is 0 Å². The lowest BCUT2D eigenvalue weighted by atomic mass is 9.98. The first kappa shape index (κ1) is 14.2. The Bertz CT molecular complexity index is 496. The Hall–Kier alpha value is -1.21. The van der Waals surface area contributed by atoms with Gasteiger partial charge in [0, 0.05) is 4.90 Å². The first-order valence-electron chi connectivity index (χ1n) is 6.91. The predicted octanol–water partition coefficient (Wildman–Crippen LogP) is 5.59. The Kier molecular flexibility index (Phi) is 5.09. The average Bonchev–Trinajstić information content (AvgIpc) is 2.41. The van der Waals surface area contributed by atoms with Crippen molar-refractivity contribution in [3.8, 4) is 0 Å². The molecule has 0 saturated carbocycles. The molecule has 2 aromatic rings. The summed E-state index contributed by atoms with van der Waals surface area (Å²) in [6.45, 7) is 6.59.